The van der Waals surface area contributed by atoms with Gasteiger partial charge in [0, 0.05) is 0 Å². The number of nitrogens with two attached hydrogens (primary N) is 1. The van der Waals surface area contributed by atoms with Crippen molar-refractivity contribution in [3.05, 3.63) is 0 Å². The number of aliphatic carboxylic acids is 1. The molecule has 6 nitrogen and oxygen atoms in total. The molecule has 1 amide bonds. The predicted molar refractivity (Wildman–Crippen MR) is 43.0 cm³/mol. The van der Waals surface area contributed by atoms with Crippen LogP contribution in [0.2, 0.25) is 0 Å². The Morgan fingerprint density at radius 3 is 2.38 bits per heavy atom. The van der Waals surface area contributed by atoms with Crippen molar-refractivity contribution in [2.24, 2.45) is 5.73 Å². The van der Waals surface area contributed by atoms with Crippen LogP contribution in [-0.2, 0) is 9.53 Å². The van der Waals surface area contributed by atoms with Gasteiger partial charge in [-0.15, -0.1) is 0 Å². The van der Waals surface area contributed by atoms with E-state index in [9.17, 15) is 14.7 Å². The van der Waals surface area contributed by atoms with E-state index in [1.165, 1.54) is 0 Å². The number of hydrogen-bond donors (Lipinski definition) is 3. The van der Waals surface area contributed by atoms with Gasteiger partial charge in [0.25, 0.3) is 0 Å². The van der Waals surface area contributed by atoms with Gasteiger partial charge in [0.2, 0.25) is 6.10 Å². The molecule has 0 rings (SSSR count). The Hall–Kier alpha value is -1.30. The van der Waals surface area contributed by atoms with Gasteiger partial charge in [0.15, 0.2) is 0 Å². The van der Waals surface area contributed by atoms with Crippen LogP contribution in [0.15, 0.2) is 0 Å². The van der Waals surface area contributed by atoms with Crippen LogP contribution in [0.25, 0.3) is 0 Å². The quantitative estimate of drug-likeness (QED) is 0.552. The van der Waals surface area contributed by atoms with Gasteiger partial charge in [0.05, 0.1) is 0 Å². The summed E-state index contributed by atoms with van der Waals surface area (Å²) in [5, 5.41) is 17.7. The molecule has 76 valence electrons. The molecule has 0 aromatic heterocycles. The van der Waals surface area contributed by atoms with E-state index >= 15 is 0 Å². The number of rotatable bonds is 5. The maximum atomic E-state index is 10.5. The van der Waals surface area contributed by atoms with Crippen molar-refractivity contribution in [1.82, 2.24) is 0 Å². The third kappa shape index (κ3) is 4.32. The number of aliphatic hydroxyl groups is 1. The fraction of sp³-hybridized carbons (Fsp3) is 0.714. The molecule has 0 aliphatic carbocycles. The SMILES string of the molecule is CCCC(O)C(OC(N)=O)C(=O)O. The molecule has 0 bridgehead atoms. The van der Waals surface area contributed by atoms with Crippen LogP contribution < -0.4 is 5.73 Å². The molecule has 0 radical (unpaired) electrons. The van der Waals surface area contributed by atoms with Gasteiger partial charge >= 0.3 is 12.1 Å². The Bertz CT molecular complexity index is 193. The molecule has 0 aromatic rings. The number of carboxylic acid groups (broad SMARTS) is 1. The molecule has 0 fully saturated rings. The number of primary amides is 1. The highest BCUT2D eigenvalue weighted by molar-refractivity contribution is 5.77. The van der Waals surface area contributed by atoms with Gasteiger partial charge in [-0.1, -0.05) is 13.3 Å². The van der Waals surface area contributed by atoms with Gasteiger partial charge in [-0.2, -0.15) is 0 Å². The van der Waals surface area contributed by atoms with E-state index in [0.717, 1.165) is 0 Å². The average molecular weight is 191 g/mol. The Morgan fingerprint density at radius 1 is 1.54 bits per heavy atom. The van der Waals surface area contributed by atoms with Crippen molar-refractivity contribution >= 4 is 12.1 Å². The number of ether oxygens (including phenoxy) is 1. The standard InChI is InChI=1S/C7H13NO5/c1-2-3-4(9)5(6(10)11)13-7(8)12/h4-5,9H,2-3H2,1H3,(H2,8,12)(H,10,11). The summed E-state index contributed by atoms with van der Waals surface area (Å²) in [7, 11) is 0. The summed E-state index contributed by atoms with van der Waals surface area (Å²) in [5.74, 6) is -1.40. The molecule has 0 aromatic carbocycles. The van der Waals surface area contributed by atoms with E-state index in [1.54, 1.807) is 6.92 Å². The summed E-state index contributed by atoms with van der Waals surface area (Å²) in [6, 6.07) is 0. The van der Waals surface area contributed by atoms with Gasteiger partial charge in [-0.3, -0.25) is 0 Å². The second-order valence-electron chi connectivity index (χ2n) is 2.55. The van der Waals surface area contributed by atoms with E-state index in [1.807, 2.05) is 0 Å². The lowest BCUT2D eigenvalue weighted by molar-refractivity contribution is -0.153. The lowest BCUT2D eigenvalue weighted by atomic mass is 10.1. The van der Waals surface area contributed by atoms with Gasteiger partial charge in [0.1, 0.15) is 6.10 Å². The van der Waals surface area contributed by atoms with Crippen LogP contribution >= 0.6 is 0 Å². The molecule has 0 saturated heterocycles. The van der Waals surface area contributed by atoms with Crippen molar-refractivity contribution in [1.29, 1.82) is 0 Å². The maximum Gasteiger partial charge on any atom is 0.405 e. The summed E-state index contributed by atoms with van der Waals surface area (Å²) in [6.45, 7) is 1.77. The normalized spacial score (nSPS) is 14.6. The Morgan fingerprint density at radius 2 is 2.08 bits per heavy atom. The molecule has 0 spiro atoms. The van der Waals surface area contributed by atoms with Crippen molar-refractivity contribution in [2.45, 2.75) is 32.0 Å². The molecule has 2 atom stereocenters. The summed E-state index contributed by atoms with van der Waals surface area (Å²) in [4.78, 5) is 20.7. The molecule has 0 aliphatic heterocycles. The molecular weight excluding hydrogens is 178 g/mol. The smallest absolute Gasteiger partial charge is 0.405 e. The van der Waals surface area contributed by atoms with E-state index in [2.05, 4.69) is 10.5 Å². The van der Waals surface area contributed by atoms with Crippen LogP contribution in [0.1, 0.15) is 19.8 Å². The molecule has 0 aliphatic rings. The Balaban J connectivity index is 4.23. The van der Waals surface area contributed by atoms with Crippen LogP contribution in [0, 0.1) is 0 Å². The van der Waals surface area contributed by atoms with Crippen molar-refractivity contribution < 1.29 is 24.5 Å². The summed E-state index contributed by atoms with van der Waals surface area (Å²) >= 11 is 0. The number of aliphatic hydroxyl groups excluding tert-OH is 1. The van der Waals surface area contributed by atoms with Crippen molar-refractivity contribution in [3.8, 4) is 0 Å². The zero-order valence-electron chi connectivity index (χ0n) is 7.27. The molecule has 13 heavy (non-hydrogen) atoms. The topological polar surface area (TPSA) is 110 Å². The number of amides is 1. The van der Waals surface area contributed by atoms with E-state index in [0.29, 0.717) is 6.42 Å². The summed E-state index contributed by atoms with van der Waals surface area (Å²) in [6.07, 6.45) is -3.16. The highest BCUT2D eigenvalue weighted by Crippen LogP contribution is 2.06. The molecule has 0 saturated carbocycles. The minimum atomic E-state index is -1.57. The largest absolute Gasteiger partial charge is 0.478 e. The fourth-order valence-corrected chi connectivity index (χ4v) is 0.866. The number of carbonyl (C=O) groups is 2. The zero-order valence-corrected chi connectivity index (χ0v) is 7.27. The highest BCUT2D eigenvalue weighted by atomic mass is 16.6. The van der Waals surface area contributed by atoms with Crippen molar-refractivity contribution in [2.75, 3.05) is 0 Å². The number of carbonyl (C=O) groups excluding carboxylic acids is 1. The first-order valence-electron chi connectivity index (χ1n) is 3.86. The first-order valence-corrected chi connectivity index (χ1v) is 3.86. The Labute approximate surface area is 75.3 Å². The van der Waals surface area contributed by atoms with Crippen molar-refractivity contribution in [3.63, 3.8) is 0 Å². The molecule has 6 heteroatoms. The summed E-state index contributed by atoms with van der Waals surface area (Å²) in [5.41, 5.74) is 4.63. The molecule has 2 unspecified atom stereocenters. The van der Waals surface area contributed by atoms with Gasteiger partial charge < -0.3 is 20.7 Å². The van der Waals surface area contributed by atoms with Crippen LogP contribution in [-0.4, -0.2) is 34.5 Å². The predicted octanol–water partition coefficient (Wildman–Crippen LogP) is -0.304. The first kappa shape index (κ1) is 11.7. The molecule has 0 heterocycles. The van der Waals surface area contributed by atoms with E-state index in [4.69, 9.17) is 5.11 Å². The van der Waals surface area contributed by atoms with E-state index < -0.39 is 24.3 Å². The monoisotopic (exact) mass is 191 g/mol. The fourth-order valence-electron chi connectivity index (χ4n) is 0.866. The minimum Gasteiger partial charge on any atom is -0.478 e. The van der Waals surface area contributed by atoms with Gasteiger partial charge in [-0.25, -0.2) is 9.59 Å². The number of hydrogen-bond acceptors (Lipinski definition) is 4. The minimum absolute atomic E-state index is 0.240. The third-order valence-corrected chi connectivity index (χ3v) is 1.42. The molecular formula is C7H13NO5. The lowest BCUT2D eigenvalue weighted by Gasteiger charge is -2.17. The maximum absolute atomic E-state index is 10.5. The Kier molecular flexibility index (Phi) is 4.83. The van der Waals surface area contributed by atoms with Gasteiger partial charge in [-0.05, 0) is 6.42 Å². The second kappa shape index (κ2) is 5.36. The van der Waals surface area contributed by atoms with Crippen LogP contribution in [0.4, 0.5) is 4.79 Å². The van der Waals surface area contributed by atoms with Crippen LogP contribution in [0.3, 0.4) is 0 Å². The highest BCUT2D eigenvalue weighted by Gasteiger charge is 2.28. The lowest BCUT2D eigenvalue weighted by Crippen LogP contribution is -2.39. The molecule has 4 N–H and O–H groups in total. The van der Waals surface area contributed by atoms with E-state index in [-0.39, 0.29) is 6.42 Å². The average Bonchev–Trinajstić information content (AvgIpc) is 1.99. The van der Waals surface area contributed by atoms with Crippen LogP contribution in [0.5, 0.6) is 0 Å². The number of carboxylic acids is 1. The first-order chi connectivity index (χ1) is 5.99. The third-order valence-electron chi connectivity index (χ3n) is 1.42. The second-order valence-corrected chi connectivity index (χ2v) is 2.55. The summed E-state index contributed by atoms with van der Waals surface area (Å²) < 4.78 is 4.22. The zero-order chi connectivity index (χ0) is 10.4.